The number of benzene rings is 2. The highest BCUT2D eigenvalue weighted by molar-refractivity contribution is 6.32. The molecule has 0 spiro atoms. The fraction of sp³-hybridized carbons (Fsp3) is 0.458. The minimum absolute atomic E-state index is 0.0192. The van der Waals surface area contributed by atoms with Crippen LogP contribution in [-0.4, -0.2) is 25.6 Å². The molecule has 0 aromatic heterocycles. The van der Waals surface area contributed by atoms with Gasteiger partial charge in [0.15, 0.2) is 6.61 Å². The number of anilines is 1. The zero-order chi connectivity index (χ0) is 21.0. The molecule has 0 radical (unpaired) electrons. The Morgan fingerprint density at radius 3 is 2.52 bits per heavy atom. The minimum Gasteiger partial charge on any atom is -0.484 e. The van der Waals surface area contributed by atoms with Crippen molar-refractivity contribution in [3.05, 3.63) is 58.1 Å². The van der Waals surface area contributed by atoms with Crippen molar-refractivity contribution in [2.75, 3.05) is 24.6 Å². The van der Waals surface area contributed by atoms with Gasteiger partial charge in [-0.25, -0.2) is 0 Å². The van der Waals surface area contributed by atoms with Crippen LogP contribution in [0.2, 0.25) is 5.02 Å². The number of hydrogen-bond donors (Lipinski definition) is 1. The Morgan fingerprint density at radius 1 is 1.24 bits per heavy atom. The number of carbonyl (C=O) groups is 1. The number of rotatable bonds is 6. The van der Waals surface area contributed by atoms with Gasteiger partial charge >= 0.3 is 0 Å². The lowest BCUT2D eigenvalue weighted by molar-refractivity contribution is -0.123. The van der Waals surface area contributed by atoms with E-state index in [0.717, 1.165) is 40.7 Å². The van der Waals surface area contributed by atoms with Gasteiger partial charge in [-0.2, -0.15) is 0 Å². The Balaban J connectivity index is 1.53. The van der Waals surface area contributed by atoms with Crippen LogP contribution in [0.4, 0.5) is 5.69 Å². The van der Waals surface area contributed by atoms with E-state index in [9.17, 15) is 4.79 Å². The van der Waals surface area contributed by atoms with E-state index in [1.165, 1.54) is 18.5 Å². The molecule has 1 heterocycles. The molecule has 2 aromatic rings. The maximum Gasteiger partial charge on any atom is 0.258 e. The third-order valence-corrected chi connectivity index (χ3v) is 6.17. The topological polar surface area (TPSA) is 41.6 Å². The zero-order valence-corrected chi connectivity index (χ0v) is 18.6. The van der Waals surface area contributed by atoms with Crippen LogP contribution < -0.4 is 15.0 Å². The van der Waals surface area contributed by atoms with Crippen molar-refractivity contribution in [3.63, 3.8) is 0 Å². The third kappa shape index (κ3) is 5.66. The molecule has 2 atom stereocenters. The first-order chi connectivity index (χ1) is 13.8. The van der Waals surface area contributed by atoms with Gasteiger partial charge in [0.25, 0.3) is 5.91 Å². The lowest BCUT2D eigenvalue weighted by atomic mass is 9.99. The van der Waals surface area contributed by atoms with Gasteiger partial charge in [0.05, 0.1) is 6.04 Å². The van der Waals surface area contributed by atoms with Crippen molar-refractivity contribution in [1.29, 1.82) is 0 Å². The summed E-state index contributed by atoms with van der Waals surface area (Å²) in [5, 5.41) is 3.74. The van der Waals surface area contributed by atoms with Gasteiger partial charge in [-0.15, -0.1) is 0 Å². The van der Waals surface area contributed by atoms with E-state index in [1.54, 1.807) is 0 Å². The second-order valence-electron chi connectivity index (χ2n) is 8.23. The SMILES string of the molecule is Cc1cc(OCC(=O)N[C@H](C)c2ccc(N3CCC[C@@H](C)C3)cc2)cc(C)c1Cl. The largest absolute Gasteiger partial charge is 0.484 e. The first kappa shape index (κ1) is 21.5. The Morgan fingerprint density at radius 2 is 1.90 bits per heavy atom. The average Bonchev–Trinajstić information content (AvgIpc) is 2.70. The van der Waals surface area contributed by atoms with Gasteiger partial charge < -0.3 is 15.0 Å². The second kappa shape index (κ2) is 9.53. The molecule has 1 amide bonds. The number of hydrogen-bond acceptors (Lipinski definition) is 3. The predicted octanol–water partition coefficient (Wildman–Crippen LogP) is 5.45. The predicted molar refractivity (Wildman–Crippen MR) is 120 cm³/mol. The van der Waals surface area contributed by atoms with E-state index in [2.05, 4.69) is 41.4 Å². The highest BCUT2D eigenvalue weighted by atomic mass is 35.5. The van der Waals surface area contributed by atoms with E-state index < -0.39 is 0 Å². The number of halogens is 1. The van der Waals surface area contributed by atoms with Crippen LogP contribution >= 0.6 is 11.6 Å². The van der Waals surface area contributed by atoms with Crippen molar-refractivity contribution < 1.29 is 9.53 Å². The number of carbonyl (C=O) groups excluding carboxylic acids is 1. The van der Waals surface area contributed by atoms with Crippen LogP contribution in [-0.2, 0) is 4.79 Å². The van der Waals surface area contributed by atoms with E-state index in [-0.39, 0.29) is 18.6 Å². The van der Waals surface area contributed by atoms with E-state index in [0.29, 0.717) is 5.75 Å². The molecule has 2 aromatic carbocycles. The minimum atomic E-state index is -0.142. The van der Waals surface area contributed by atoms with Gasteiger partial charge in [0.2, 0.25) is 0 Å². The second-order valence-corrected chi connectivity index (χ2v) is 8.61. The summed E-state index contributed by atoms with van der Waals surface area (Å²) in [6.45, 7) is 10.4. The Bertz CT molecular complexity index is 827. The molecule has 1 fully saturated rings. The van der Waals surface area contributed by atoms with E-state index >= 15 is 0 Å². The third-order valence-electron chi connectivity index (χ3n) is 5.57. The summed E-state index contributed by atoms with van der Waals surface area (Å²) in [7, 11) is 0. The monoisotopic (exact) mass is 414 g/mol. The van der Waals surface area contributed by atoms with Crippen molar-refractivity contribution >= 4 is 23.2 Å². The van der Waals surface area contributed by atoms with Crippen molar-refractivity contribution in [2.45, 2.75) is 46.6 Å². The summed E-state index contributed by atoms with van der Waals surface area (Å²) in [6.07, 6.45) is 2.57. The van der Waals surface area contributed by atoms with E-state index in [1.807, 2.05) is 32.9 Å². The molecule has 1 aliphatic heterocycles. The lowest BCUT2D eigenvalue weighted by Crippen LogP contribution is -2.34. The van der Waals surface area contributed by atoms with Crippen LogP contribution in [0.25, 0.3) is 0 Å². The Kier molecular flexibility index (Phi) is 7.07. The molecule has 0 unspecified atom stereocenters. The molecule has 0 saturated carbocycles. The van der Waals surface area contributed by atoms with Gasteiger partial charge in [-0.1, -0.05) is 30.7 Å². The smallest absolute Gasteiger partial charge is 0.258 e. The lowest BCUT2D eigenvalue weighted by Gasteiger charge is -2.33. The maximum absolute atomic E-state index is 12.3. The van der Waals surface area contributed by atoms with Crippen molar-refractivity contribution in [3.8, 4) is 5.75 Å². The molecular formula is C24H31ClN2O2. The van der Waals surface area contributed by atoms with E-state index in [4.69, 9.17) is 16.3 Å². The summed E-state index contributed by atoms with van der Waals surface area (Å²) >= 11 is 6.18. The molecule has 4 nitrogen and oxygen atoms in total. The molecular weight excluding hydrogens is 384 g/mol. The molecule has 5 heteroatoms. The van der Waals surface area contributed by atoms with Gasteiger partial charge in [0, 0.05) is 23.8 Å². The normalized spacial score (nSPS) is 17.7. The quantitative estimate of drug-likeness (QED) is 0.683. The molecule has 0 aliphatic carbocycles. The van der Waals surface area contributed by atoms with Gasteiger partial charge in [0.1, 0.15) is 5.75 Å². The summed E-state index contributed by atoms with van der Waals surface area (Å²) < 4.78 is 5.65. The summed E-state index contributed by atoms with van der Waals surface area (Å²) in [6, 6.07) is 12.2. The van der Waals surface area contributed by atoms with Gasteiger partial charge in [-0.05, 0) is 80.5 Å². The number of ether oxygens (including phenoxy) is 1. The highest BCUT2D eigenvalue weighted by Gasteiger charge is 2.17. The van der Waals surface area contributed by atoms with Crippen LogP contribution in [0, 0.1) is 19.8 Å². The van der Waals surface area contributed by atoms with Crippen LogP contribution in [0.3, 0.4) is 0 Å². The molecule has 3 rings (SSSR count). The van der Waals surface area contributed by atoms with Crippen LogP contribution in [0.1, 0.15) is 49.4 Å². The van der Waals surface area contributed by atoms with Gasteiger partial charge in [-0.3, -0.25) is 4.79 Å². The highest BCUT2D eigenvalue weighted by Crippen LogP contribution is 2.26. The first-order valence-corrected chi connectivity index (χ1v) is 10.7. The number of nitrogens with zero attached hydrogens (tertiary/aromatic N) is 1. The number of aryl methyl sites for hydroxylation is 2. The zero-order valence-electron chi connectivity index (χ0n) is 17.8. The summed E-state index contributed by atoms with van der Waals surface area (Å²) in [5.41, 5.74) is 4.23. The first-order valence-electron chi connectivity index (χ1n) is 10.4. The Hall–Kier alpha value is -2.20. The van der Waals surface area contributed by atoms with Crippen molar-refractivity contribution in [2.24, 2.45) is 5.92 Å². The molecule has 1 N–H and O–H groups in total. The number of piperidine rings is 1. The van der Waals surface area contributed by atoms with Crippen LogP contribution in [0.5, 0.6) is 5.75 Å². The van der Waals surface area contributed by atoms with Crippen molar-refractivity contribution in [1.82, 2.24) is 5.32 Å². The summed E-state index contributed by atoms with van der Waals surface area (Å²) in [5.74, 6) is 1.26. The average molecular weight is 415 g/mol. The standard InChI is InChI=1S/C24H31ClN2O2/c1-16-6-5-11-27(14-16)21-9-7-20(8-10-21)19(4)26-23(28)15-29-22-12-17(2)24(25)18(3)13-22/h7-10,12-13,16,19H,5-6,11,14-15H2,1-4H3,(H,26,28)/t16-,19-/m1/s1. The molecule has 1 aliphatic rings. The fourth-order valence-corrected chi connectivity index (χ4v) is 4.01. The number of nitrogens with one attached hydrogen (secondary N) is 1. The fourth-order valence-electron chi connectivity index (χ4n) is 3.90. The molecule has 156 valence electrons. The molecule has 1 saturated heterocycles. The number of amides is 1. The molecule has 29 heavy (non-hydrogen) atoms. The maximum atomic E-state index is 12.3. The molecule has 0 bridgehead atoms. The van der Waals surface area contributed by atoms with Crippen LogP contribution in [0.15, 0.2) is 36.4 Å². The summed E-state index contributed by atoms with van der Waals surface area (Å²) in [4.78, 5) is 14.8. The Labute approximate surface area is 179 Å².